The molecule has 5 heteroatoms. The molecule has 0 aliphatic carbocycles. The summed E-state index contributed by atoms with van der Waals surface area (Å²) in [7, 11) is 0. The minimum atomic E-state index is -0.0307. The van der Waals surface area contributed by atoms with Crippen molar-refractivity contribution in [2.24, 2.45) is 5.92 Å². The van der Waals surface area contributed by atoms with Crippen LogP contribution in [0.3, 0.4) is 0 Å². The fraction of sp³-hybridized carbons (Fsp3) is 0.467. The van der Waals surface area contributed by atoms with Gasteiger partial charge in [0.1, 0.15) is 5.69 Å². The molecule has 1 atom stereocenters. The van der Waals surface area contributed by atoms with E-state index in [0.29, 0.717) is 17.7 Å². The summed E-state index contributed by atoms with van der Waals surface area (Å²) in [4.78, 5) is 19.1. The molecule has 0 saturated carbocycles. The van der Waals surface area contributed by atoms with Crippen LogP contribution in [0.5, 0.6) is 0 Å². The van der Waals surface area contributed by atoms with Gasteiger partial charge in [-0.3, -0.25) is 9.78 Å². The molecule has 0 spiro atoms. The van der Waals surface area contributed by atoms with Crippen LogP contribution in [0.15, 0.2) is 23.0 Å². The molecule has 5 heterocycles. The Morgan fingerprint density at radius 3 is 2.85 bits per heavy atom. The summed E-state index contributed by atoms with van der Waals surface area (Å²) in [6.45, 7) is 3.38. The van der Waals surface area contributed by atoms with Gasteiger partial charge in [-0.05, 0) is 48.7 Å². The third-order valence-corrected chi connectivity index (χ3v) is 5.34. The lowest BCUT2D eigenvalue weighted by molar-refractivity contribution is 0.0618. The van der Waals surface area contributed by atoms with E-state index in [0.717, 1.165) is 17.3 Å². The van der Waals surface area contributed by atoms with Crippen LogP contribution in [-0.4, -0.2) is 41.5 Å². The number of nitrogens with one attached hydrogen (secondary N) is 1. The summed E-state index contributed by atoms with van der Waals surface area (Å²) < 4.78 is 0. The second kappa shape index (κ2) is 4.82. The van der Waals surface area contributed by atoms with Crippen molar-refractivity contribution in [3.63, 3.8) is 0 Å². The molecule has 0 aromatic carbocycles. The van der Waals surface area contributed by atoms with Gasteiger partial charge in [-0.15, -0.1) is 0 Å². The van der Waals surface area contributed by atoms with E-state index < -0.39 is 0 Å². The first-order chi connectivity index (χ1) is 9.79. The van der Waals surface area contributed by atoms with Crippen molar-refractivity contribution in [3.8, 4) is 0 Å². The number of nitrogens with zero attached hydrogens (tertiary/aromatic N) is 2. The van der Waals surface area contributed by atoms with E-state index in [1.54, 1.807) is 17.5 Å². The molecular formula is C15H17N3OS. The lowest BCUT2D eigenvalue weighted by Gasteiger charge is -2.44. The first-order valence-corrected chi connectivity index (χ1v) is 8.09. The first-order valence-electron chi connectivity index (χ1n) is 7.15. The normalized spacial score (nSPS) is 28.7. The van der Waals surface area contributed by atoms with Crippen LogP contribution in [0.25, 0.3) is 10.8 Å². The number of hydrogen-bond acceptors (Lipinski definition) is 4. The molecular weight excluding hydrogens is 270 g/mol. The molecule has 1 N–H and O–H groups in total. The highest BCUT2D eigenvalue weighted by Gasteiger charge is 2.35. The predicted molar refractivity (Wildman–Crippen MR) is 80.0 cm³/mol. The van der Waals surface area contributed by atoms with Gasteiger partial charge >= 0.3 is 0 Å². The average molecular weight is 287 g/mol. The van der Waals surface area contributed by atoms with Gasteiger partial charge in [0.05, 0.1) is 0 Å². The number of aromatic nitrogens is 1. The molecule has 20 heavy (non-hydrogen) atoms. The Hall–Kier alpha value is -1.46. The Labute approximate surface area is 121 Å². The maximum Gasteiger partial charge on any atom is 0.270 e. The van der Waals surface area contributed by atoms with E-state index in [9.17, 15) is 4.79 Å². The monoisotopic (exact) mass is 287 g/mol. The highest BCUT2D eigenvalue weighted by molar-refractivity contribution is 7.09. The van der Waals surface area contributed by atoms with E-state index in [1.165, 1.54) is 25.9 Å². The van der Waals surface area contributed by atoms with Crippen LogP contribution in [0.2, 0.25) is 0 Å². The van der Waals surface area contributed by atoms with Crippen LogP contribution in [0.4, 0.5) is 0 Å². The van der Waals surface area contributed by atoms with E-state index in [2.05, 4.69) is 26.0 Å². The van der Waals surface area contributed by atoms with Crippen LogP contribution in [0.1, 0.15) is 23.3 Å². The lowest BCUT2D eigenvalue weighted by atomic mass is 9.84. The van der Waals surface area contributed by atoms with Gasteiger partial charge in [0, 0.05) is 29.5 Å². The molecule has 3 aliphatic rings. The number of thiophene rings is 1. The Morgan fingerprint density at radius 2 is 2.10 bits per heavy atom. The van der Waals surface area contributed by atoms with Crippen LogP contribution in [-0.2, 0) is 0 Å². The quantitative estimate of drug-likeness (QED) is 0.920. The Bertz CT molecular complexity index is 645. The summed E-state index contributed by atoms with van der Waals surface area (Å²) in [5.41, 5.74) is 0.535. The van der Waals surface area contributed by atoms with Crippen molar-refractivity contribution in [2.75, 3.05) is 19.6 Å². The molecule has 3 fully saturated rings. The maximum atomic E-state index is 12.4. The molecule has 4 nitrogen and oxygen atoms in total. The number of rotatable bonds is 2. The van der Waals surface area contributed by atoms with Crippen molar-refractivity contribution >= 4 is 28.0 Å². The van der Waals surface area contributed by atoms with Crippen molar-refractivity contribution < 1.29 is 4.79 Å². The van der Waals surface area contributed by atoms with Gasteiger partial charge in [0.25, 0.3) is 5.91 Å². The number of fused-ring (bicyclic) bond motifs is 4. The van der Waals surface area contributed by atoms with Gasteiger partial charge in [0.2, 0.25) is 0 Å². The Kier molecular flexibility index (Phi) is 2.97. The molecule has 104 valence electrons. The fourth-order valence-corrected chi connectivity index (χ4v) is 4.12. The molecule has 0 radical (unpaired) electrons. The van der Waals surface area contributed by atoms with E-state index >= 15 is 0 Å². The number of carbonyl (C=O) groups excluding carboxylic acids is 1. The smallest absolute Gasteiger partial charge is 0.270 e. The fourth-order valence-electron chi connectivity index (χ4n) is 3.36. The topological polar surface area (TPSA) is 45.2 Å². The number of piperidine rings is 3. The minimum absolute atomic E-state index is 0.0307. The zero-order valence-electron chi connectivity index (χ0n) is 11.2. The zero-order chi connectivity index (χ0) is 13.5. The minimum Gasteiger partial charge on any atom is -0.346 e. The van der Waals surface area contributed by atoms with Gasteiger partial charge in [-0.2, -0.15) is 11.3 Å². The molecule has 5 rings (SSSR count). The standard InChI is InChI=1S/C15H17N3OS/c19-15(13-5-11-8-20-9-12(11)6-16-13)17-14-7-18-3-1-10(14)2-4-18/h5-6,8-10,14H,1-4,7H2,(H,17,19)/t14-/m1/s1. The summed E-state index contributed by atoms with van der Waals surface area (Å²) in [6, 6.07) is 2.19. The SMILES string of the molecule is O=C(N[C@@H]1CN2CCC1CC2)c1cc2cscc2cn1. The Balaban J connectivity index is 1.52. The lowest BCUT2D eigenvalue weighted by Crippen LogP contribution is -2.57. The van der Waals surface area contributed by atoms with E-state index in [1.807, 2.05) is 6.07 Å². The number of hydrogen-bond donors (Lipinski definition) is 1. The van der Waals surface area contributed by atoms with Crippen LogP contribution < -0.4 is 5.32 Å². The largest absolute Gasteiger partial charge is 0.346 e. The van der Waals surface area contributed by atoms with E-state index in [4.69, 9.17) is 0 Å². The molecule has 3 saturated heterocycles. The zero-order valence-corrected chi connectivity index (χ0v) is 12.0. The van der Waals surface area contributed by atoms with Crippen molar-refractivity contribution in [1.82, 2.24) is 15.2 Å². The number of amides is 1. The van der Waals surface area contributed by atoms with Crippen molar-refractivity contribution in [1.29, 1.82) is 0 Å². The summed E-state index contributed by atoms with van der Waals surface area (Å²) in [5, 5.41) is 9.50. The summed E-state index contributed by atoms with van der Waals surface area (Å²) in [6.07, 6.45) is 4.21. The van der Waals surface area contributed by atoms with Gasteiger partial charge in [-0.1, -0.05) is 0 Å². The third kappa shape index (κ3) is 2.11. The molecule has 3 aliphatic heterocycles. The molecule has 2 aromatic heterocycles. The second-order valence-corrected chi connectivity index (χ2v) is 6.53. The molecule has 0 unspecified atom stereocenters. The summed E-state index contributed by atoms with van der Waals surface area (Å²) >= 11 is 1.64. The van der Waals surface area contributed by atoms with Crippen LogP contribution in [0, 0.1) is 5.92 Å². The molecule has 1 amide bonds. The maximum absolute atomic E-state index is 12.4. The molecule has 2 bridgehead atoms. The highest BCUT2D eigenvalue weighted by atomic mass is 32.1. The predicted octanol–water partition coefficient (Wildman–Crippen LogP) is 2.12. The first kappa shape index (κ1) is 12.3. The third-order valence-electron chi connectivity index (χ3n) is 4.56. The summed E-state index contributed by atoms with van der Waals surface area (Å²) in [5.74, 6) is 0.616. The van der Waals surface area contributed by atoms with E-state index in [-0.39, 0.29) is 5.91 Å². The number of pyridine rings is 1. The second-order valence-electron chi connectivity index (χ2n) is 5.79. The number of carbonyl (C=O) groups is 1. The molecule has 2 aromatic rings. The average Bonchev–Trinajstić information content (AvgIpc) is 2.96. The van der Waals surface area contributed by atoms with Crippen molar-refractivity contribution in [2.45, 2.75) is 18.9 Å². The highest BCUT2D eigenvalue weighted by Crippen LogP contribution is 2.27. The van der Waals surface area contributed by atoms with Gasteiger partial charge < -0.3 is 10.2 Å². The van der Waals surface area contributed by atoms with Gasteiger partial charge in [-0.25, -0.2) is 0 Å². The van der Waals surface area contributed by atoms with Crippen molar-refractivity contribution in [3.05, 3.63) is 28.7 Å². The van der Waals surface area contributed by atoms with Gasteiger partial charge in [0.15, 0.2) is 0 Å². The Morgan fingerprint density at radius 1 is 1.30 bits per heavy atom. The van der Waals surface area contributed by atoms with Crippen LogP contribution >= 0.6 is 11.3 Å².